The Bertz CT molecular complexity index is 706. The summed E-state index contributed by atoms with van der Waals surface area (Å²) in [5.74, 6) is -0.506. The van der Waals surface area contributed by atoms with Gasteiger partial charge in [-0.15, -0.1) is 0 Å². The Labute approximate surface area is 146 Å². The highest BCUT2D eigenvalue weighted by molar-refractivity contribution is 7.55. The van der Waals surface area contributed by atoms with E-state index in [1.54, 1.807) is 20.8 Å². The maximum atomic E-state index is 12.5. The summed E-state index contributed by atoms with van der Waals surface area (Å²) >= 11 is 0. The maximum Gasteiger partial charge on any atom is 0.336 e. The second-order valence-electron chi connectivity index (χ2n) is 5.94. The molecule has 1 aromatic carbocycles. The molecule has 0 atom stereocenters. The fourth-order valence-corrected chi connectivity index (χ4v) is 3.84. The minimum Gasteiger partial charge on any atom is -0.312 e. The highest BCUT2D eigenvalue weighted by atomic mass is 31.2. The van der Waals surface area contributed by atoms with Gasteiger partial charge in [0.25, 0.3) is 11.6 Å². The number of nitro groups is 1. The van der Waals surface area contributed by atoms with Gasteiger partial charge in [-0.1, -0.05) is 0 Å². The van der Waals surface area contributed by atoms with Crippen LogP contribution in [0.1, 0.15) is 37.6 Å². The summed E-state index contributed by atoms with van der Waals surface area (Å²) in [6, 6.07) is 5.16. The molecule has 1 N–H and O–H groups in total. The van der Waals surface area contributed by atoms with E-state index in [0.29, 0.717) is 5.71 Å². The maximum absolute atomic E-state index is 12.5. The van der Waals surface area contributed by atoms with Crippen molar-refractivity contribution >= 4 is 24.9 Å². The zero-order valence-electron chi connectivity index (χ0n) is 14.8. The van der Waals surface area contributed by atoms with Crippen LogP contribution in [0.4, 0.5) is 5.69 Å². The van der Waals surface area contributed by atoms with Crippen LogP contribution in [0.25, 0.3) is 0 Å². The minimum atomic E-state index is -3.32. The number of hydrazone groups is 1. The van der Waals surface area contributed by atoms with Crippen LogP contribution in [0.15, 0.2) is 29.4 Å². The van der Waals surface area contributed by atoms with E-state index in [1.165, 1.54) is 38.5 Å². The molecule has 0 radical (unpaired) electrons. The van der Waals surface area contributed by atoms with Gasteiger partial charge >= 0.3 is 7.60 Å². The number of nitrogens with one attached hydrogen (secondary N) is 1. The third-order valence-corrected chi connectivity index (χ3v) is 6.20. The molecular weight excluding hydrogens is 349 g/mol. The SMILES string of the molecule is COP(=O)(OC)C(C)(C)CC(C)=NNC(=O)c1ccc([N+](=O)[O-])cc1. The number of benzene rings is 1. The molecule has 0 aliphatic rings. The van der Waals surface area contributed by atoms with Crippen molar-refractivity contribution < 1.29 is 23.3 Å². The topological polar surface area (TPSA) is 120 Å². The molecule has 0 bridgehead atoms. The lowest BCUT2D eigenvalue weighted by Gasteiger charge is -2.30. The number of non-ortho nitro benzene ring substituents is 1. The third kappa shape index (κ3) is 5.19. The van der Waals surface area contributed by atoms with Crippen LogP contribution in [-0.2, 0) is 13.6 Å². The average Bonchev–Trinajstić information content (AvgIpc) is 2.58. The summed E-state index contributed by atoms with van der Waals surface area (Å²) in [6.07, 6.45) is 0.270. The number of rotatable bonds is 8. The number of amides is 1. The molecule has 0 heterocycles. The van der Waals surface area contributed by atoms with Gasteiger partial charge < -0.3 is 9.05 Å². The first-order chi connectivity index (χ1) is 11.6. The van der Waals surface area contributed by atoms with Crippen LogP contribution in [0.3, 0.4) is 0 Å². The summed E-state index contributed by atoms with van der Waals surface area (Å²) in [5, 5.41) is 13.7. The van der Waals surface area contributed by atoms with Gasteiger partial charge in [0.1, 0.15) is 0 Å². The van der Waals surface area contributed by atoms with E-state index in [9.17, 15) is 19.5 Å². The van der Waals surface area contributed by atoms with Gasteiger partial charge in [-0.05, 0) is 32.9 Å². The van der Waals surface area contributed by atoms with Crippen molar-refractivity contribution in [3.05, 3.63) is 39.9 Å². The van der Waals surface area contributed by atoms with Crippen molar-refractivity contribution in [1.29, 1.82) is 0 Å². The molecule has 0 unspecified atom stereocenters. The van der Waals surface area contributed by atoms with Crippen LogP contribution in [-0.4, -0.2) is 35.9 Å². The van der Waals surface area contributed by atoms with E-state index in [-0.39, 0.29) is 17.7 Å². The molecule has 1 amide bonds. The van der Waals surface area contributed by atoms with Crippen LogP contribution >= 0.6 is 7.60 Å². The average molecular weight is 371 g/mol. The summed E-state index contributed by atoms with van der Waals surface area (Å²) in [4.78, 5) is 22.1. The van der Waals surface area contributed by atoms with Crippen molar-refractivity contribution in [1.82, 2.24) is 5.43 Å². The standard InChI is InChI=1S/C15H22N3O6P/c1-11(10-15(2,3)25(22,23-4)24-5)16-17-14(19)12-6-8-13(9-7-12)18(20)21/h6-9H,10H2,1-5H3,(H,17,19). The molecular formula is C15H22N3O6P. The summed E-state index contributed by atoms with van der Waals surface area (Å²) in [7, 11) is -0.687. The molecule has 0 aromatic heterocycles. The Kier molecular flexibility index (Phi) is 6.98. The lowest BCUT2D eigenvalue weighted by molar-refractivity contribution is -0.384. The van der Waals surface area contributed by atoms with E-state index < -0.39 is 23.6 Å². The summed E-state index contributed by atoms with van der Waals surface area (Å²) in [6.45, 7) is 5.11. The van der Waals surface area contributed by atoms with Gasteiger partial charge in [0.05, 0.1) is 10.1 Å². The predicted octanol–water partition coefficient (Wildman–Crippen LogP) is 3.36. The van der Waals surface area contributed by atoms with Crippen molar-refractivity contribution in [2.75, 3.05) is 14.2 Å². The Hall–Kier alpha value is -2.09. The van der Waals surface area contributed by atoms with Crippen molar-refractivity contribution in [2.24, 2.45) is 5.10 Å². The summed E-state index contributed by atoms with van der Waals surface area (Å²) in [5.41, 5.74) is 3.02. The second-order valence-corrected chi connectivity index (χ2v) is 8.88. The quantitative estimate of drug-likeness (QED) is 0.324. The van der Waals surface area contributed by atoms with Gasteiger partial charge in [-0.25, -0.2) is 5.43 Å². The van der Waals surface area contributed by atoms with Crippen LogP contribution in [0.5, 0.6) is 0 Å². The fraction of sp³-hybridized carbons (Fsp3) is 0.467. The number of carbonyl (C=O) groups excluding carboxylic acids is 1. The highest BCUT2D eigenvalue weighted by Crippen LogP contribution is 2.60. The first-order valence-electron chi connectivity index (χ1n) is 7.36. The van der Waals surface area contributed by atoms with Gasteiger partial charge in [-0.3, -0.25) is 19.5 Å². The van der Waals surface area contributed by atoms with Crippen LogP contribution in [0, 0.1) is 10.1 Å². The van der Waals surface area contributed by atoms with Gasteiger partial charge in [0, 0.05) is 44.0 Å². The molecule has 1 rings (SSSR count). The molecule has 9 nitrogen and oxygen atoms in total. The Morgan fingerprint density at radius 1 is 1.28 bits per heavy atom. The van der Waals surface area contributed by atoms with Gasteiger partial charge in [0.15, 0.2) is 0 Å². The Morgan fingerprint density at radius 3 is 2.24 bits per heavy atom. The largest absolute Gasteiger partial charge is 0.336 e. The molecule has 138 valence electrons. The van der Waals surface area contributed by atoms with Crippen molar-refractivity contribution in [3.63, 3.8) is 0 Å². The molecule has 0 saturated heterocycles. The van der Waals surface area contributed by atoms with E-state index in [0.717, 1.165) is 0 Å². The van der Waals surface area contributed by atoms with E-state index >= 15 is 0 Å². The smallest absolute Gasteiger partial charge is 0.312 e. The van der Waals surface area contributed by atoms with E-state index in [2.05, 4.69) is 10.5 Å². The van der Waals surface area contributed by atoms with Gasteiger partial charge in [0.2, 0.25) is 0 Å². The van der Waals surface area contributed by atoms with Crippen molar-refractivity contribution in [3.8, 4) is 0 Å². The Morgan fingerprint density at radius 2 is 1.80 bits per heavy atom. The lowest BCUT2D eigenvalue weighted by Crippen LogP contribution is -2.27. The van der Waals surface area contributed by atoms with E-state index in [1.807, 2.05) is 0 Å². The molecule has 0 aliphatic heterocycles. The summed E-state index contributed by atoms with van der Waals surface area (Å²) < 4.78 is 22.5. The molecule has 0 fully saturated rings. The number of nitro benzene ring substituents is 1. The number of carbonyl (C=O) groups is 1. The van der Waals surface area contributed by atoms with Crippen molar-refractivity contribution in [2.45, 2.75) is 32.3 Å². The predicted molar refractivity (Wildman–Crippen MR) is 94.0 cm³/mol. The minimum absolute atomic E-state index is 0.104. The molecule has 0 saturated carbocycles. The molecule has 25 heavy (non-hydrogen) atoms. The second kappa shape index (κ2) is 8.33. The third-order valence-electron chi connectivity index (χ3n) is 3.60. The number of hydrogen-bond acceptors (Lipinski definition) is 7. The molecule has 0 spiro atoms. The van der Waals surface area contributed by atoms with Gasteiger partial charge in [-0.2, -0.15) is 5.10 Å². The first-order valence-corrected chi connectivity index (χ1v) is 8.90. The molecule has 10 heteroatoms. The fourth-order valence-electron chi connectivity index (χ4n) is 2.28. The van der Waals surface area contributed by atoms with Crippen LogP contribution < -0.4 is 5.43 Å². The monoisotopic (exact) mass is 371 g/mol. The molecule has 0 aliphatic carbocycles. The lowest BCUT2D eigenvalue weighted by atomic mass is 10.1. The van der Waals surface area contributed by atoms with E-state index in [4.69, 9.17) is 9.05 Å². The normalized spacial score (nSPS) is 12.8. The highest BCUT2D eigenvalue weighted by Gasteiger charge is 2.42. The number of hydrogen-bond donors (Lipinski definition) is 1. The molecule has 1 aromatic rings. The first kappa shape index (κ1) is 21.0. The Balaban J connectivity index is 2.78. The zero-order chi connectivity index (χ0) is 19.3. The number of nitrogens with zero attached hydrogens (tertiary/aromatic N) is 2. The zero-order valence-corrected chi connectivity index (χ0v) is 15.7. The van der Waals surface area contributed by atoms with Crippen LogP contribution in [0.2, 0.25) is 0 Å².